The maximum Gasteiger partial charge on any atom is 0.268 e. The summed E-state index contributed by atoms with van der Waals surface area (Å²) in [6, 6.07) is 17.7. The van der Waals surface area contributed by atoms with Crippen molar-refractivity contribution in [3.05, 3.63) is 65.9 Å². The molecule has 2 aromatic carbocycles. The highest BCUT2D eigenvalue weighted by atomic mass is 16.3. The molecule has 238 valence electrons. The molecule has 1 saturated carbocycles. The zero-order valence-electron chi connectivity index (χ0n) is 26.5. The summed E-state index contributed by atoms with van der Waals surface area (Å²) in [7, 11) is 0. The Kier molecular flexibility index (Phi) is 12.8. The number of para-hydroxylation sites is 1. The van der Waals surface area contributed by atoms with Gasteiger partial charge in [0.25, 0.3) is 5.91 Å². The number of aromatic nitrogens is 1. The van der Waals surface area contributed by atoms with E-state index in [9.17, 15) is 14.4 Å². The lowest BCUT2D eigenvalue weighted by Gasteiger charge is -2.28. The Labute approximate surface area is 262 Å². The number of nitrogens with zero attached hydrogens (tertiary/aromatic N) is 2. The van der Waals surface area contributed by atoms with Crippen molar-refractivity contribution in [1.82, 2.24) is 15.2 Å². The molecular formula is C36H50N4O4. The summed E-state index contributed by atoms with van der Waals surface area (Å²) in [6.07, 6.45) is 10.2. The molecule has 1 heterocycles. The third-order valence-corrected chi connectivity index (χ3v) is 8.90. The van der Waals surface area contributed by atoms with E-state index in [1.165, 1.54) is 5.56 Å². The highest BCUT2D eigenvalue weighted by molar-refractivity contribution is 6.01. The lowest BCUT2D eigenvalue weighted by atomic mass is 9.85. The number of aliphatic hydroxyl groups is 1. The number of nitrogens with one attached hydrogen (secondary N) is 2. The summed E-state index contributed by atoms with van der Waals surface area (Å²) in [5.74, 6) is -0.136. The van der Waals surface area contributed by atoms with E-state index < -0.39 is 0 Å². The number of carbonyl (C=O) groups excluding carboxylic acids is 3. The quantitative estimate of drug-likeness (QED) is 0.175. The first-order valence-corrected chi connectivity index (χ1v) is 16.6. The zero-order chi connectivity index (χ0) is 31.3. The fraction of sp³-hybridized carbons (Fsp3) is 0.528. The number of hydrogen-bond acceptors (Lipinski definition) is 4. The minimum absolute atomic E-state index is 0.00319. The van der Waals surface area contributed by atoms with Crippen LogP contribution in [0.3, 0.4) is 0 Å². The number of rotatable bonds is 16. The van der Waals surface area contributed by atoms with Crippen LogP contribution >= 0.6 is 0 Å². The predicted molar refractivity (Wildman–Crippen MR) is 177 cm³/mol. The highest BCUT2D eigenvalue weighted by Gasteiger charge is 2.28. The first kappa shape index (κ1) is 33.2. The fourth-order valence-corrected chi connectivity index (χ4v) is 6.30. The molecule has 1 fully saturated rings. The van der Waals surface area contributed by atoms with Crippen molar-refractivity contribution >= 4 is 34.3 Å². The number of likely N-dealkylation sites (N-methyl/N-ethyl adjacent to an activating group) is 1. The molecule has 0 saturated heterocycles. The van der Waals surface area contributed by atoms with E-state index in [1.807, 2.05) is 54.0 Å². The number of fused-ring (bicyclic) bond motifs is 1. The van der Waals surface area contributed by atoms with Gasteiger partial charge in [0.2, 0.25) is 11.8 Å². The number of aryl methyl sites for hydroxylation is 1. The second-order valence-corrected chi connectivity index (χ2v) is 12.0. The van der Waals surface area contributed by atoms with E-state index in [1.54, 1.807) is 4.90 Å². The molecule has 0 spiro atoms. The van der Waals surface area contributed by atoms with Gasteiger partial charge in [0.1, 0.15) is 12.2 Å². The smallest absolute Gasteiger partial charge is 0.268 e. The van der Waals surface area contributed by atoms with Crippen LogP contribution in [0.25, 0.3) is 10.9 Å². The van der Waals surface area contributed by atoms with Gasteiger partial charge in [-0.05, 0) is 81.7 Å². The van der Waals surface area contributed by atoms with Crippen molar-refractivity contribution in [3.8, 4) is 0 Å². The molecule has 8 nitrogen and oxygen atoms in total. The summed E-state index contributed by atoms with van der Waals surface area (Å²) >= 11 is 0. The number of unbranched alkanes of at least 4 members (excludes halogenated alkanes) is 5. The minimum atomic E-state index is -0.183. The number of benzene rings is 2. The summed E-state index contributed by atoms with van der Waals surface area (Å²) < 4.78 is 1.84. The van der Waals surface area contributed by atoms with Crippen molar-refractivity contribution in [2.45, 2.75) is 97.1 Å². The maximum absolute atomic E-state index is 13.6. The first-order chi connectivity index (χ1) is 21.4. The summed E-state index contributed by atoms with van der Waals surface area (Å²) in [5.41, 5.74) is 3.38. The van der Waals surface area contributed by atoms with Gasteiger partial charge in [0.15, 0.2) is 0 Å². The number of aliphatic hydroxyl groups excluding tert-OH is 1. The molecule has 0 radical (unpaired) electrons. The molecule has 0 atom stereocenters. The van der Waals surface area contributed by atoms with Gasteiger partial charge in [0.05, 0.1) is 0 Å². The number of anilines is 1. The molecule has 0 bridgehead atoms. The van der Waals surface area contributed by atoms with E-state index in [-0.39, 0.29) is 42.8 Å². The normalized spacial score (nSPS) is 16.5. The highest BCUT2D eigenvalue weighted by Crippen LogP contribution is 2.26. The van der Waals surface area contributed by atoms with Crippen LogP contribution in [0.1, 0.15) is 94.1 Å². The van der Waals surface area contributed by atoms with E-state index in [0.29, 0.717) is 18.8 Å². The Morgan fingerprint density at radius 1 is 0.886 bits per heavy atom. The number of carbonyl (C=O) groups is 3. The molecule has 0 unspecified atom stereocenters. The predicted octanol–water partition coefficient (Wildman–Crippen LogP) is 5.99. The van der Waals surface area contributed by atoms with Gasteiger partial charge in [-0.3, -0.25) is 14.4 Å². The standard InChI is InChI=1S/C36H50N4O4/c1-3-27-14-13-16-31(24-27)39(4-2)34(42)26-40-32-17-10-9-15-29(32)25-33(40)36(44)38-30-20-18-28(19-21-30)35(43)37-22-11-7-5-6-8-12-23-41/h9-10,13-17,24-25,28,30,41H,3-8,11-12,18-23,26H2,1-2H3,(H,37,43)(H,38,44)/t28-,30-. The molecule has 0 aliphatic heterocycles. The maximum atomic E-state index is 13.6. The van der Waals surface area contributed by atoms with E-state index in [2.05, 4.69) is 29.7 Å². The lowest BCUT2D eigenvalue weighted by molar-refractivity contribution is -0.126. The van der Waals surface area contributed by atoms with Crippen LogP contribution in [0.15, 0.2) is 54.6 Å². The van der Waals surface area contributed by atoms with Gasteiger partial charge in [0, 0.05) is 48.2 Å². The summed E-state index contributed by atoms with van der Waals surface area (Å²) in [6.45, 7) is 5.64. The Bertz CT molecular complexity index is 1380. The molecule has 3 amide bonds. The molecular weight excluding hydrogens is 552 g/mol. The molecule has 3 aromatic rings. The third kappa shape index (κ3) is 8.94. The molecule has 4 rings (SSSR count). The number of hydrogen-bond donors (Lipinski definition) is 3. The van der Waals surface area contributed by atoms with Crippen molar-refractivity contribution < 1.29 is 19.5 Å². The van der Waals surface area contributed by atoms with Crippen LogP contribution in [-0.2, 0) is 22.6 Å². The number of amides is 3. The van der Waals surface area contributed by atoms with Gasteiger partial charge in [-0.15, -0.1) is 0 Å². The minimum Gasteiger partial charge on any atom is -0.396 e. The second kappa shape index (κ2) is 17.0. The van der Waals surface area contributed by atoms with Gasteiger partial charge in [-0.1, -0.05) is 62.9 Å². The van der Waals surface area contributed by atoms with Crippen molar-refractivity contribution in [2.24, 2.45) is 5.92 Å². The lowest BCUT2D eigenvalue weighted by Crippen LogP contribution is -2.42. The monoisotopic (exact) mass is 602 g/mol. The largest absolute Gasteiger partial charge is 0.396 e. The second-order valence-electron chi connectivity index (χ2n) is 12.0. The van der Waals surface area contributed by atoms with Crippen LogP contribution in [-0.4, -0.2) is 53.1 Å². The van der Waals surface area contributed by atoms with Crippen LogP contribution in [0.2, 0.25) is 0 Å². The van der Waals surface area contributed by atoms with Crippen molar-refractivity contribution in [3.63, 3.8) is 0 Å². The molecule has 44 heavy (non-hydrogen) atoms. The fourth-order valence-electron chi connectivity index (χ4n) is 6.30. The summed E-state index contributed by atoms with van der Waals surface area (Å²) in [5, 5.41) is 16.1. The third-order valence-electron chi connectivity index (χ3n) is 8.90. The Morgan fingerprint density at radius 2 is 1.61 bits per heavy atom. The van der Waals surface area contributed by atoms with Crippen LogP contribution < -0.4 is 15.5 Å². The average molecular weight is 603 g/mol. The van der Waals surface area contributed by atoms with Crippen molar-refractivity contribution in [1.29, 1.82) is 0 Å². The Morgan fingerprint density at radius 3 is 2.34 bits per heavy atom. The van der Waals surface area contributed by atoms with Gasteiger partial charge in [-0.2, -0.15) is 0 Å². The van der Waals surface area contributed by atoms with Crippen LogP contribution in [0, 0.1) is 5.92 Å². The molecule has 1 aliphatic rings. The summed E-state index contributed by atoms with van der Waals surface area (Å²) in [4.78, 5) is 41.8. The average Bonchev–Trinajstić information content (AvgIpc) is 3.41. The van der Waals surface area contributed by atoms with Gasteiger partial charge >= 0.3 is 0 Å². The topological polar surface area (TPSA) is 104 Å². The van der Waals surface area contributed by atoms with E-state index >= 15 is 0 Å². The van der Waals surface area contributed by atoms with E-state index in [0.717, 1.165) is 87.2 Å². The van der Waals surface area contributed by atoms with Crippen LogP contribution in [0.5, 0.6) is 0 Å². The van der Waals surface area contributed by atoms with Gasteiger partial charge < -0.3 is 25.2 Å². The van der Waals surface area contributed by atoms with E-state index in [4.69, 9.17) is 5.11 Å². The van der Waals surface area contributed by atoms with Gasteiger partial charge in [-0.25, -0.2) is 0 Å². The molecule has 3 N–H and O–H groups in total. The molecule has 1 aromatic heterocycles. The molecule has 8 heteroatoms. The Hall–Kier alpha value is -3.65. The van der Waals surface area contributed by atoms with Crippen LogP contribution in [0.4, 0.5) is 5.69 Å². The first-order valence-electron chi connectivity index (χ1n) is 16.6. The molecule has 1 aliphatic carbocycles. The zero-order valence-corrected chi connectivity index (χ0v) is 26.5. The van der Waals surface area contributed by atoms with Crippen molar-refractivity contribution in [2.75, 3.05) is 24.6 Å². The Balaban J connectivity index is 1.33. The SMILES string of the molecule is CCc1cccc(N(CC)C(=O)Cn2c(C(=O)N[C@H]3CC[C@H](C(=O)NCCCCCCCCO)CC3)cc3ccccc32)c1.